The van der Waals surface area contributed by atoms with Crippen molar-refractivity contribution in [3.63, 3.8) is 0 Å². The maximum Gasteiger partial charge on any atom is 0.416 e. The first-order chi connectivity index (χ1) is 10.7. The Labute approximate surface area is 132 Å². The normalized spacial score (nSPS) is 12.9. The van der Waals surface area contributed by atoms with Crippen molar-refractivity contribution in [3.8, 4) is 0 Å². The Morgan fingerprint density at radius 3 is 2.13 bits per heavy atom. The molecule has 1 unspecified atom stereocenters. The summed E-state index contributed by atoms with van der Waals surface area (Å²) < 4.78 is 37.8. The van der Waals surface area contributed by atoms with Gasteiger partial charge in [0.15, 0.2) is 0 Å². The number of aliphatic carboxylic acids is 1. The van der Waals surface area contributed by atoms with Crippen molar-refractivity contribution in [1.82, 2.24) is 0 Å². The fourth-order valence-corrected chi connectivity index (χ4v) is 2.42. The standard InChI is InChI=1S/C18H17F3O2/c1-11-3-4-13(9-12(11)2)10-16(17(22)23)14-5-7-15(8-6-14)18(19,20)21/h3-9,16H,10H2,1-2H3,(H,22,23). The van der Waals surface area contributed by atoms with Gasteiger partial charge in [-0.2, -0.15) is 13.2 Å². The zero-order valence-corrected chi connectivity index (χ0v) is 12.8. The molecule has 0 saturated carbocycles. The molecule has 2 nitrogen and oxygen atoms in total. The number of halogens is 3. The van der Waals surface area contributed by atoms with Gasteiger partial charge in [0.2, 0.25) is 0 Å². The van der Waals surface area contributed by atoms with E-state index in [9.17, 15) is 23.1 Å². The first-order valence-corrected chi connectivity index (χ1v) is 7.14. The average Bonchev–Trinajstić information content (AvgIpc) is 2.47. The molecule has 0 aliphatic carbocycles. The van der Waals surface area contributed by atoms with Gasteiger partial charge in [-0.25, -0.2) is 0 Å². The van der Waals surface area contributed by atoms with Crippen molar-refractivity contribution in [1.29, 1.82) is 0 Å². The fourth-order valence-electron chi connectivity index (χ4n) is 2.42. The van der Waals surface area contributed by atoms with Gasteiger partial charge in [0, 0.05) is 0 Å². The molecule has 0 bridgehead atoms. The lowest BCUT2D eigenvalue weighted by Crippen LogP contribution is -2.15. The first-order valence-electron chi connectivity index (χ1n) is 7.14. The van der Waals surface area contributed by atoms with Crippen LogP contribution in [-0.4, -0.2) is 11.1 Å². The minimum Gasteiger partial charge on any atom is -0.481 e. The van der Waals surface area contributed by atoms with Gasteiger partial charge in [-0.3, -0.25) is 4.79 Å². The summed E-state index contributed by atoms with van der Waals surface area (Å²) in [5.74, 6) is -1.93. The molecule has 1 N–H and O–H groups in total. The maximum atomic E-state index is 12.6. The number of hydrogen-bond donors (Lipinski definition) is 1. The van der Waals surface area contributed by atoms with Crippen molar-refractivity contribution in [2.24, 2.45) is 0 Å². The monoisotopic (exact) mass is 322 g/mol. The predicted octanol–water partition coefficient (Wildman–Crippen LogP) is 4.73. The molecule has 2 aromatic rings. The largest absolute Gasteiger partial charge is 0.481 e. The van der Waals surface area contributed by atoms with Crippen LogP contribution in [0.1, 0.15) is 33.7 Å². The maximum absolute atomic E-state index is 12.6. The number of hydrogen-bond acceptors (Lipinski definition) is 1. The zero-order valence-electron chi connectivity index (χ0n) is 12.8. The molecular weight excluding hydrogens is 305 g/mol. The summed E-state index contributed by atoms with van der Waals surface area (Å²) in [6.07, 6.45) is -4.19. The Balaban J connectivity index is 2.28. The lowest BCUT2D eigenvalue weighted by molar-refractivity contribution is -0.138. The third kappa shape index (κ3) is 4.12. The summed E-state index contributed by atoms with van der Waals surface area (Å²) in [6.45, 7) is 3.90. The van der Waals surface area contributed by atoms with Crippen LogP contribution in [0.2, 0.25) is 0 Å². The molecule has 0 spiro atoms. The van der Waals surface area contributed by atoms with E-state index < -0.39 is 23.6 Å². The summed E-state index contributed by atoms with van der Waals surface area (Å²) in [6, 6.07) is 10.00. The number of alkyl halides is 3. The van der Waals surface area contributed by atoms with Crippen molar-refractivity contribution in [3.05, 3.63) is 70.3 Å². The topological polar surface area (TPSA) is 37.3 Å². The Bertz CT molecular complexity index is 703. The highest BCUT2D eigenvalue weighted by Gasteiger charge is 2.30. The molecule has 0 aliphatic heterocycles. The molecule has 0 heterocycles. The number of rotatable bonds is 4. The first kappa shape index (κ1) is 17.1. The fraction of sp³-hybridized carbons (Fsp3) is 0.278. The summed E-state index contributed by atoms with van der Waals surface area (Å²) in [4.78, 5) is 11.5. The molecule has 122 valence electrons. The van der Waals surface area contributed by atoms with Crippen LogP contribution in [-0.2, 0) is 17.4 Å². The van der Waals surface area contributed by atoms with Gasteiger partial charge in [0.1, 0.15) is 0 Å². The van der Waals surface area contributed by atoms with Gasteiger partial charge in [-0.15, -0.1) is 0 Å². The van der Waals surface area contributed by atoms with Gasteiger partial charge in [-0.05, 0) is 54.7 Å². The van der Waals surface area contributed by atoms with Crippen LogP contribution in [0.4, 0.5) is 13.2 Å². The molecule has 0 saturated heterocycles. The van der Waals surface area contributed by atoms with Crippen LogP contribution in [0.5, 0.6) is 0 Å². The number of carboxylic acids is 1. The number of carbonyl (C=O) groups is 1. The molecule has 1 atom stereocenters. The molecule has 0 radical (unpaired) electrons. The van der Waals surface area contributed by atoms with Crippen LogP contribution >= 0.6 is 0 Å². The number of carboxylic acid groups (broad SMARTS) is 1. The van der Waals surface area contributed by atoms with Gasteiger partial charge in [-0.1, -0.05) is 30.3 Å². The van der Waals surface area contributed by atoms with Crippen molar-refractivity contribution >= 4 is 5.97 Å². The van der Waals surface area contributed by atoms with E-state index in [4.69, 9.17) is 0 Å². The molecule has 0 fully saturated rings. The van der Waals surface area contributed by atoms with Crippen LogP contribution in [0.25, 0.3) is 0 Å². The molecule has 5 heteroatoms. The quantitative estimate of drug-likeness (QED) is 0.883. The van der Waals surface area contributed by atoms with E-state index in [-0.39, 0.29) is 6.42 Å². The second kappa shape index (κ2) is 6.44. The van der Waals surface area contributed by atoms with Crippen molar-refractivity contribution in [2.45, 2.75) is 32.4 Å². The third-order valence-corrected chi connectivity index (χ3v) is 3.95. The molecule has 0 aliphatic rings. The van der Waals surface area contributed by atoms with E-state index in [1.54, 1.807) is 0 Å². The average molecular weight is 322 g/mol. The Morgan fingerprint density at radius 1 is 1.04 bits per heavy atom. The Morgan fingerprint density at radius 2 is 1.65 bits per heavy atom. The second-order valence-corrected chi connectivity index (χ2v) is 5.63. The lowest BCUT2D eigenvalue weighted by Gasteiger charge is -2.15. The summed E-state index contributed by atoms with van der Waals surface area (Å²) in [7, 11) is 0. The number of aryl methyl sites for hydroxylation is 2. The van der Waals surface area contributed by atoms with Crippen molar-refractivity contribution < 1.29 is 23.1 Å². The molecule has 0 aromatic heterocycles. The minimum absolute atomic E-state index is 0.238. The molecule has 23 heavy (non-hydrogen) atoms. The van der Waals surface area contributed by atoms with E-state index in [0.29, 0.717) is 5.56 Å². The summed E-state index contributed by atoms with van der Waals surface area (Å²) in [5.41, 5.74) is 2.59. The highest BCUT2D eigenvalue weighted by atomic mass is 19.4. The van der Waals surface area contributed by atoms with E-state index in [0.717, 1.165) is 28.8 Å². The highest BCUT2D eigenvalue weighted by molar-refractivity contribution is 5.76. The summed E-state index contributed by atoms with van der Waals surface area (Å²) in [5, 5.41) is 9.42. The van der Waals surface area contributed by atoms with Gasteiger partial charge >= 0.3 is 12.1 Å². The van der Waals surface area contributed by atoms with Crippen LogP contribution in [0.15, 0.2) is 42.5 Å². The Hall–Kier alpha value is -2.30. The third-order valence-electron chi connectivity index (χ3n) is 3.95. The zero-order chi connectivity index (χ0) is 17.2. The van der Waals surface area contributed by atoms with Gasteiger partial charge < -0.3 is 5.11 Å². The van der Waals surface area contributed by atoms with E-state index in [1.165, 1.54) is 12.1 Å². The SMILES string of the molecule is Cc1ccc(CC(C(=O)O)c2ccc(C(F)(F)F)cc2)cc1C. The Kier molecular flexibility index (Phi) is 4.78. The molecule has 0 amide bonds. The van der Waals surface area contributed by atoms with Crippen molar-refractivity contribution in [2.75, 3.05) is 0 Å². The predicted molar refractivity (Wildman–Crippen MR) is 81.4 cm³/mol. The lowest BCUT2D eigenvalue weighted by atomic mass is 9.90. The van der Waals surface area contributed by atoms with E-state index >= 15 is 0 Å². The second-order valence-electron chi connectivity index (χ2n) is 5.63. The minimum atomic E-state index is -4.43. The van der Waals surface area contributed by atoms with Gasteiger partial charge in [0.05, 0.1) is 11.5 Å². The van der Waals surface area contributed by atoms with Crippen LogP contribution in [0, 0.1) is 13.8 Å². The molecule has 2 rings (SSSR count). The number of benzene rings is 2. The smallest absolute Gasteiger partial charge is 0.416 e. The van der Waals surface area contributed by atoms with Crippen LogP contribution in [0.3, 0.4) is 0 Å². The van der Waals surface area contributed by atoms with Crippen LogP contribution < -0.4 is 0 Å². The summed E-state index contributed by atoms with van der Waals surface area (Å²) >= 11 is 0. The highest BCUT2D eigenvalue weighted by Crippen LogP contribution is 2.31. The molecule has 2 aromatic carbocycles. The van der Waals surface area contributed by atoms with E-state index in [2.05, 4.69) is 0 Å². The van der Waals surface area contributed by atoms with Gasteiger partial charge in [0.25, 0.3) is 0 Å². The van der Waals surface area contributed by atoms with E-state index in [1.807, 2.05) is 32.0 Å². The molecular formula is C18H17F3O2.